The molecule has 1 aliphatic heterocycles. The predicted molar refractivity (Wildman–Crippen MR) is 144 cm³/mol. The highest BCUT2D eigenvalue weighted by molar-refractivity contribution is 7.19. The molecule has 4 nitrogen and oxygen atoms in total. The lowest BCUT2D eigenvalue weighted by Crippen LogP contribution is -2.47. The van der Waals surface area contributed by atoms with Crippen LogP contribution in [-0.4, -0.2) is 53.8 Å². The van der Waals surface area contributed by atoms with E-state index in [0.717, 1.165) is 69.4 Å². The highest BCUT2D eigenvalue weighted by Gasteiger charge is 2.21. The largest absolute Gasteiger partial charge is 0.354 e. The standard InChI is InChI=1S/C28H27ClN4S/c1-20-8-10-22(11-9-20)26(33-18-16-32(2)17-19-33)31-28-25(21-6-4-3-5-7-21)30-27(34-28)23-12-14-24(29)15-13-23/h3-15H,16-19H2,1-2H3. The Morgan fingerprint density at radius 2 is 1.53 bits per heavy atom. The summed E-state index contributed by atoms with van der Waals surface area (Å²) in [6.45, 7) is 6.06. The Morgan fingerprint density at radius 1 is 0.853 bits per heavy atom. The van der Waals surface area contributed by atoms with Gasteiger partial charge in [0.15, 0.2) is 0 Å². The first kappa shape index (κ1) is 22.8. The van der Waals surface area contributed by atoms with E-state index in [0.29, 0.717) is 0 Å². The second-order valence-corrected chi connectivity index (χ2v) is 10.1. The molecule has 6 heteroatoms. The molecule has 5 rings (SSSR count). The lowest BCUT2D eigenvalue weighted by atomic mass is 10.1. The van der Waals surface area contributed by atoms with Gasteiger partial charge in [0.2, 0.25) is 0 Å². The van der Waals surface area contributed by atoms with Crippen LogP contribution < -0.4 is 0 Å². The summed E-state index contributed by atoms with van der Waals surface area (Å²) in [4.78, 5) is 15.1. The van der Waals surface area contributed by atoms with Crippen molar-refractivity contribution >= 4 is 33.8 Å². The molecule has 0 radical (unpaired) electrons. The third-order valence-corrected chi connectivity index (χ3v) is 7.32. The fraction of sp³-hybridized carbons (Fsp3) is 0.214. The van der Waals surface area contributed by atoms with Gasteiger partial charge in [0.05, 0.1) is 0 Å². The Labute approximate surface area is 210 Å². The van der Waals surface area contributed by atoms with Crippen molar-refractivity contribution in [3.8, 4) is 21.8 Å². The van der Waals surface area contributed by atoms with Gasteiger partial charge in [-0.1, -0.05) is 95.2 Å². The summed E-state index contributed by atoms with van der Waals surface area (Å²) in [5, 5.41) is 2.58. The van der Waals surface area contributed by atoms with Crippen molar-refractivity contribution in [3.05, 3.63) is 95.0 Å². The minimum atomic E-state index is 0.721. The molecule has 0 bridgehead atoms. The summed E-state index contributed by atoms with van der Waals surface area (Å²) in [7, 11) is 2.18. The summed E-state index contributed by atoms with van der Waals surface area (Å²) >= 11 is 7.75. The zero-order valence-corrected chi connectivity index (χ0v) is 21.0. The van der Waals surface area contributed by atoms with Gasteiger partial charge in [-0.25, -0.2) is 9.98 Å². The van der Waals surface area contributed by atoms with E-state index in [2.05, 4.69) is 60.2 Å². The van der Waals surface area contributed by atoms with E-state index in [1.807, 2.05) is 42.5 Å². The van der Waals surface area contributed by atoms with Crippen molar-refractivity contribution in [1.29, 1.82) is 0 Å². The maximum absolute atomic E-state index is 6.13. The molecule has 0 atom stereocenters. The molecule has 1 aromatic heterocycles. The molecule has 3 aromatic carbocycles. The van der Waals surface area contributed by atoms with Gasteiger partial charge >= 0.3 is 0 Å². The van der Waals surface area contributed by atoms with Gasteiger partial charge in [-0.15, -0.1) is 0 Å². The van der Waals surface area contributed by atoms with Crippen molar-refractivity contribution in [2.24, 2.45) is 4.99 Å². The number of aliphatic imine (C=N–C) groups is 1. The number of aryl methyl sites for hydroxylation is 1. The van der Waals surface area contributed by atoms with Gasteiger partial charge in [-0.2, -0.15) is 0 Å². The van der Waals surface area contributed by atoms with E-state index in [-0.39, 0.29) is 0 Å². The zero-order chi connectivity index (χ0) is 23.5. The molecular formula is C28H27ClN4S. The summed E-state index contributed by atoms with van der Waals surface area (Å²) < 4.78 is 0. The molecule has 1 fully saturated rings. The number of hydrogen-bond acceptors (Lipinski definition) is 4. The van der Waals surface area contributed by atoms with Crippen LogP contribution in [0.4, 0.5) is 5.00 Å². The van der Waals surface area contributed by atoms with Crippen LogP contribution in [0.5, 0.6) is 0 Å². The van der Waals surface area contributed by atoms with E-state index < -0.39 is 0 Å². The third-order valence-electron chi connectivity index (χ3n) is 6.07. The minimum absolute atomic E-state index is 0.721. The van der Waals surface area contributed by atoms with Crippen molar-refractivity contribution in [2.45, 2.75) is 6.92 Å². The van der Waals surface area contributed by atoms with Gasteiger partial charge < -0.3 is 9.80 Å². The molecule has 0 spiro atoms. The van der Waals surface area contributed by atoms with E-state index in [4.69, 9.17) is 21.6 Å². The first-order chi connectivity index (χ1) is 16.6. The molecular weight excluding hydrogens is 460 g/mol. The number of rotatable bonds is 4. The molecule has 0 N–H and O–H groups in total. The summed E-state index contributed by atoms with van der Waals surface area (Å²) in [5.41, 5.74) is 5.41. The lowest BCUT2D eigenvalue weighted by molar-refractivity contribution is 0.216. The molecule has 1 aliphatic rings. The number of thiazole rings is 1. The van der Waals surface area contributed by atoms with Crippen LogP contribution in [0.3, 0.4) is 0 Å². The van der Waals surface area contributed by atoms with Crippen LogP contribution in [0.15, 0.2) is 83.9 Å². The average Bonchev–Trinajstić information content (AvgIpc) is 3.29. The molecule has 0 saturated carbocycles. The fourth-order valence-electron chi connectivity index (χ4n) is 4.02. The number of amidine groups is 1. The highest BCUT2D eigenvalue weighted by atomic mass is 35.5. The van der Waals surface area contributed by atoms with Gasteiger partial charge in [0, 0.05) is 47.9 Å². The summed E-state index contributed by atoms with van der Waals surface area (Å²) in [5.74, 6) is 1.01. The number of piperazine rings is 1. The summed E-state index contributed by atoms with van der Waals surface area (Å²) in [6, 6.07) is 26.8. The van der Waals surface area contributed by atoms with Crippen LogP contribution in [0, 0.1) is 6.92 Å². The Bertz CT molecular complexity index is 1270. The molecule has 4 aromatic rings. The fourth-order valence-corrected chi connectivity index (χ4v) is 5.12. The van der Waals surface area contributed by atoms with E-state index >= 15 is 0 Å². The second-order valence-electron chi connectivity index (χ2n) is 8.64. The van der Waals surface area contributed by atoms with E-state index in [1.165, 1.54) is 5.56 Å². The number of halogens is 1. The second kappa shape index (κ2) is 10.1. The molecule has 0 amide bonds. The van der Waals surface area contributed by atoms with Crippen LogP contribution in [0.25, 0.3) is 21.8 Å². The maximum atomic E-state index is 6.13. The van der Waals surface area contributed by atoms with Gasteiger partial charge in [0.25, 0.3) is 0 Å². The van der Waals surface area contributed by atoms with Crippen LogP contribution in [-0.2, 0) is 0 Å². The SMILES string of the molecule is Cc1ccc(C(=Nc2sc(-c3ccc(Cl)cc3)nc2-c2ccccc2)N2CCN(C)CC2)cc1. The van der Waals surface area contributed by atoms with Gasteiger partial charge in [0.1, 0.15) is 21.5 Å². The number of nitrogens with zero attached hydrogens (tertiary/aromatic N) is 4. The molecule has 172 valence electrons. The number of benzene rings is 3. The maximum Gasteiger partial charge on any atom is 0.146 e. The quantitative estimate of drug-likeness (QED) is 0.236. The number of hydrogen-bond donors (Lipinski definition) is 0. The molecule has 34 heavy (non-hydrogen) atoms. The van der Waals surface area contributed by atoms with Crippen molar-refractivity contribution in [1.82, 2.24) is 14.8 Å². The van der Waals surface area contributed by atoms with Crippen molar-refractivity contribution in [2.75, 3.05) is 33.2 Å². The Hall–Kier alpha value is -2.99. The first-order valence-corrected chi connectivity index (χ1v) is 12.7. The minimum Gasteiger partial charge on any atom is -0.354 e. The van der Waals surface area contributed by atoms with Crippen molar-refractivity contribution < 1.29 is 0 Å². The summed E-state index contributed by atoms with van der Waals surface area (Å²) in [6.07, 6.45) is 0. The molecule has 0 aliphatic carbocycles. The number of aromatic nitrogens is 1. The number of likely N-dealkylation sites (N-methyl/N-ethyl adjacent to an activating group) is 1. The van der Waals surface area contributed by atoms with E-state index in [9.17, 15) is 0 Å². The van der Waals surface area contributed by atoms with Crippen LogP contribution >= 0.6 is 22.9 Å². The monoisotopic (exact) mass is 486 g/mol. The molecule has 0 unspecified atom stereocenters. The highest BCUT2D eigenvalue weighted by Crippen LogP contribution is 2.40. The van der Waals surface area contributed by atoms with Gasteiger partial charge in [-0.3, -0.25) is 0 Å². The molecule has 1 saturated heterocycles. The Kier molecular flexibility index (Phi) is 6.77. The zero-order valence-electron chi connectivity index (χ0n) is 19.4. The molecule has 2 heterocycles. The average molecular weight is 487 g/mol. The Morgan fingerprint density at radius 3 is 2.21 bits per heavy atom. The smallest absolute Gasteiger partial charge is 0.146 e. The predicted octanol–water partition coefficient (Wildman–Crippen LogP) is 6.76. The Balaban J connectivity index is 1.64. The third kappa shape index (κ3) is 5.07. The normalized spacial score (nSPS) is 15.0. The van der Waals surface area contributed by atoms with E-state index in [1.54, 1.807) is 11.3 Å². The first-order valence-electron chi connectivity index (χ1n) is 11.5. The topological polar surface area (TPSA) is 31.7 Å². The van der Waals surface area contributed by atoms with Crippen LogP contribution in [0.1, 0.15) is 11.1 Å². The van der Waals surface area contributed by atoms with Gasteiger partial charge in [-0.05, 0) is 26.1 Å². The van der Waals surface area contributed by atoms with Crippen molar-refractivity contribution in [3.63, 3.8) is 0 Å². The lowest BCUT2D eigenvalue weighted by Gasteiger charge is -2.34. The van der Waals surface area contributed by atoms with Crippen LogP contribution in [0.2, 0.25) is 5.02 Å².